The van der Waals surface area contributed by atoms with Gasteiger partial charge in [-0.1, -0.05) is 42.5 Å². The van der Waals surface area contributed by atoms with Crippen molar-refractivity contribution < 1.29 is 23.9 Å². The van der Waals surface area contributed by atoms with Gasteiger partial charge in [-0.25, -0.2) is 0 Å². The normalized spacial score (nSPS) is 17.0. The maximum Gasteiger partial charge on any atom is 0.311 e. The second-order valence-corrected chi connectivity index (χ2v) is 6.89. The maximum absolute atomic E-state index is 12.4. The van der Waals surface area contributed by atoms with E-state index in [1.54, 1.807) is 29.2 Å². The number of nitrogens with zero attached hydrogens (tertiary/aromatic N) is 1. The number of carbonyl (C=O) groups is 3. The van der Waals surface area contributed by atoms with E-state index in [2.05, 4.69) is 5.32 Å². The van der Waals surface area contributed by atoms with Crippen LogP contribution in [0.25, 0.3) is 0 Å². The van der Waals surface area contributed by atoms with Gasteiger partial charge < -0.3 is 19.7 Å². The Balaban J connectivity index is 1.52. The summed E-state index contributed by atoms with van der Waals surface area (Å²) < 4.78 is 10.3. The maximum atomic E-state index is 12.4. The highest BCUT2D eigenvalue weighted by Gasteiger charge is 2.38. The van der Waals surface area contributed by atoms with Gasteiger partial charge in [0.15, 0.2) is 6.61 Å². The summed E-state index contributed by atoms with van der Waals surface area (Å²) in [6.07, 6.45) is 0.0874. The third kappa shape index (κ3) is 4.93. The van der Waals surface area contributed by atoms with Crippen molar-refractivity contribution in [1.82, 2.24) is 4.90 Å². The number of likely N-dealkylation sites (tertiary alicyclic amines) is 1. The number of anilines is 1. The molecular formula is C22H24N2O5. The lowest BCUT2D eigenvalue weighted by Crippen LogP contribution is -2.30. The summed E-state index contributed by atoms with van der Waals surface area (Å²) in [6, 6.07) is 16.5. The first-order valence-electron chi connectivity index (χ1n) is 9.43. The van der Waals surface area contributed by atoms with Crippen molar-refractivity contribution in [1.29, 1.82) is 0 Å². The van der Waals surface area contributed by atoms with Crippen LogP contribution in [0.4, 0.5) is 5.69 Å². The van der Waals surface area contributed by atoms with Crippen LogP contribution in [0.5, 0.6) is 5.75 Å². The Labute approximate surface area is 169 Å². The minimum Gasteiger partial charge on any atom is -0.495 e. The number of rotatable bonds is 7. The lowest BCUT2D eigenvalue weighted by molar-refractivity contribution is -0.151. The van der Waals surface area contributed by atoms with Gasteiger partial charge in [0.25, 0.3) is 5.91 Å². The van der Waals surface area contributed by atoms with E-state index in [9.17, 15) is 14.4 Å². The second kappa shape index (κ2) is 9.23. The van der Waals surface area contributed by atoms with Gasteiger partial charge in [-0.05, 0) is 24.6 Å². The molecule has 1 fully saturated rings. The monoisotopic (exact) mass is 396 g/mol. The lowest BCUT2D eigenvalue weighted by atomic mass is 10.1. The predicted octanol–water partition coefficient (Wildman–Crippen LogP) is 2.79. The summed E-state index contributed by atoms with van der Waals surface area (Å²) >= 11 is 0. The minimum atomic E-state index is -0.576. The summed E-state index contributed by atoms with van der Waals surface area (Å²) in [6.45, 7) is 1.79. The summed E-state index contributed by atoms with van der Waals surface area (Å²) in [4.78, 5) is 38.5. The number of methoxy groups -OCH3 is 1. The van der Waals surface area contributed by atoms with Crippen LogP contribution in [0.1, 0.15) is 24.9 Å². The van der Waals surface area contributed by atoms with Crippen LogP contribution in [-0.4, -0.2) is 42.9 Å². The molecule has 7 nitrogen and oxygen atoms in total. The number of benzene rings is 2. The van der Waals surface area contributed by atoms with E-state index in [1.807, 2.05) is 37.3 Å². The number of amides is 2. The molecule has 0 saturated carbocycles. The molecule has 2 amide bonds. The van der Waals surface area contributed by atoms with Crippen LogP contribution in [0, 0.1) is 5.92 Å². The first-order valence-corrected chi connectivity index (χ1v) is 9.43. The van der Waals surface area contributed by atoms with E-state index in [0.29, 0.717) is 11.4 Å². The highest BCUT2D eigenvalue weighted by molar-refractivity contribution is 5.94. The number of para-hydroxylation sites is 2. The molecule has 7 heteroatoms. The van der Waals surface area contributed by atoms with Gasteiger partial charge in [0.2, 0.25) is 5.91 Å². The highest BCUT2D eigenvalue weighted by Crippen LogP contribution is 2.29. The third-order valence-electron chi connectivity index (χ3n) is 4.97. The van der Waals surface area contributed by atoms with Gasteiger partial charge in [-0.2, -0.15) is 0 Å². The Morgan fingerprint density at radius 3 is 2.55 bits per heavy atom. The van der Waals surface area contributed by atoms with E-state index in [4.69, 9.17) is 9.47 Å². The Morgan fingerprint density at radius 1 is 1.14 bits per heavy atom. The summed E-state index contributed by atoms with van der Waals surface area (Å²) in [5.74, 6) is -1.17. The van der Waals surface area contributed by atoms with Crippen LogP contribution in [0.3, 0.4) is 0 Å². The van der Waals surface area contributed by atoms with Crippen LogP contribution in [0.2, 0.25) is 0 Å². The molecule has 152 valence electrons. The number of hydrogen-bond acceptors (Lipinski definition) is 5. The van der Waals surface area contributed by atoms with Gasteiger partial charge >= 0.3 is 5.97 Å². The molecule has 0 aromatic heterocycles. The molecule has 1 heterocycles. The molecule has 0 unspecified atom stereocenters. The summed E-state index contributed by atoms with van der Waals surface area (Å²) in [5, 5.41) is 2.65. The Bertz CT molecular complexity index is 884. The topological polar surface area (TPSA) is 84.9 Å². The number of carbonyl (C=O) groups excluding carboxylic acids is 3. The molecule has 2 aromatic rings. The number of ether oxygens (including phenoxy) is 2. The first kappa shape index (κ1) is 20.4. The summed E-state index contributed by atoms with van der Waals surface area (Å²) in [7, 11) is 1.50. The molecule has 0 spiro atoms. The zero-order valence-corrected chi connectivity index (χ0v) is 16.5. The third-order valence-corrected chi connectivity index (χ3v) is 4.97. The average Bonchev–Trinajstić information content (AvgIpc) is 3.14. The van der Waals surface area contributed by atoms with Crippen molar-refractivity contribution in [2.75, 3.05) is 25.6 Å². The quantitative estimate of drug-likeness (QED) is 0.728. The van der Waals surface area contributed by atoms with Crippen molar-refractivity contribution in [3.05, 3.63) is 60.2 Å². The van der Waals surface area contributed by atoms with Gasteiger partial charge in [0.1, 0.15) is 5.75 Å². The second-order valence-electron chi connectivity index (χ2n) is 6.89. The van der Waals surface area contributed by atoms with Gasteiger partial charge in [-0.15, -0.1) is 0 Å². The zero-order chi connectivity index (χ0) is 20.8. The van der Waals surface area contributed by atoms with Gasteiger partial charge in [0, 0.05) is 13.0 Å². The number of esters is 1. The molecule has 1 N–H and O–H groups in total. The van der Waals surface area contributed by atoms with Crippen LogP contribution < -0.4 is 10.1 Å². The molecule has 0 bridgehead atoms. The van der Waals surface area contributed by atoms with Crippen LogP contribution in [-0.2, 0) is 19.1 Å². The lowest BCUT2D eigenvalue weighted by Gasteiger charge is -2.25. The average molecular weight is 396 g/mol. The van der Waals surface area contributed by atoms with E-state index < -0.39 is 24.4 Å². The summed E-state index contributed by atoms with van der Waals surface area (Å²) in [5.41, 5.74) is 1.50. The molecular weight excluding hydrogens is 372 g/mol. The Kier molecular flexibility index (Phi) is 6.49. The molecule has 29 heavy (non-hydrogen) atoms. The Hall–Kier alpha value is -3.35. The molecule has 0 radical (unpaired) electrons. The smallest absolute Gasteiger partial charge is 0.311 e. The fraction of sp³-hybridized carbons (Fsp3) is 0.318. The minimum absolute atomic E-state index is 0.0874. The van der Waals surface area contributed by atoms with E-state index >= 15 is 0 Å². The molecule has 2 aromatic carbocycles. The SMILES string of the molecule is COc1ccccc1NC(=O)COC(=O)[C@@H]1CC(=O)N([C@@H](C)c2ccccc2)C1. The molecule has 0 aliphatic carbocycles. The molecule has 1 aliphatic heterocycles. The van der Waals surface area contributed by atoms with Crippen molar-refractivity contribution in [2.24, 2.45) is 5.92 Å². The largest absolute Gasteiger partial charge is 0.495 e. The first-order chi connectivity index (χ1) is 14.0. The number of hydrogen-bond donors (Lipinski definition) is 1. The van der Waals surface area contributed by atoms with E-state index in [1.165, 1.54) is 7.11 Å². The fourth-order valence-corrected chi connectivity index (χ4v) is 3.36. The molecule has 1 aliphatic rings. The molecule has 3 rings (SSSR count). The predicted molar refractivity (Wildman–Crippen MR) is 107 cm³/mol. The van der Waals surface area contributed by atoms with E-state index in [0.717, 1.165) is 5.56 Å². The van der Waals surface area contributed by atoms with Crippen LogP contribution >= 0.6 is 0 Å². The van der Waals surface area contributed by atoms with Crippen molar-refractivity contribution in [2.45, 2.75) is 19.4 Å². The molecule has 1 saturated heterocycles. The zero-order valence-electron chi connectivity index (χ0n) is 16.5. The van der Waals surface area contributed by atoms with Gasteiger partial charge in [0.05, 0.1) is 24.8 Å². The van der Waals surface area contributed by atoms with Gasteiger partial charge in [-0.3, -0.25) is 14.4 Å². The van der Waals surface area contributed by atoms with Crippen molar-refractivity contribution >= 4 is 23.5 Å². The van der Waals surface area contributed by atoms with Crippen LogP contribution in [0.15, 0.2) is 54.6 Å². The number of nitrogens with one attached hydrogen (secondary N) is 1. The standard InChI is InChI=1S/C22H24N2O5/c1-15(16-8-4-3-5-9-16)24-13-17(12-21(24)26)22(27)29-14-20(25)23-18-10-6-7-11-19(18)28-2/h3-11,15,17H,12-14H2,1-2H3,(H,23,25)/t15-,17+/m0/s1. The molecule has 2 atom stereocenters. The van der Waals surface area contributed by atoms with Crippen molar-refractivity contribution in [3.8, 4) is 5.75 Å². The van der Waals surface area contributed by atoms with E-state index in [-0.39, 0.29) is 24.9 Å². The van der Waals surface area contributed by atoms with Crippen molar-refractivity contribution in [3.63, 3.8) is 0 Å². The fourth-order valence-electron chi connectivity index (χ4n) is 3.36. The Morgan fingerprint density at radius 2 is 1.83 bits per heavy atom. The highest BCUT2D eigenvalue weighted by atomic mass is 16.5.